The van der Waals surface area contributed by atoms with Crippen molar-refractivity contribution in [2.75, 3.05) is 0 Å². The molecule has 0 aliphatic carbocycles. The predicted octanol–water partition coefficient (Wildman–Crippen LogP) is 4.56. The second kappa shape index (κ2) is 5.19. The molecule has 0 aliphatic rings. The fraction of sp³-hybridized carbons (Fsp3) is 0.0714. The summed E-state index contributed by atoms with van der Waals surface area (Å²) in [6.07, 6.45) is 0. The van der Waals surface area contributed by atoms with E-state index in [4.69, 9.17) is 10.00 Å². The Morgan fingerprint density at radius 1 is 1.17 bits per heavy atom. The highest BCUT2D eigenvalue weighted by Gasteiger charge is 2.04. The monoisotopic (exact) mass is 305 g/mol. The van der Waals surface area contributed by atoms with Crippen molar-refractivity contribution in [3.8, 4) is 17.6 Å². The third-order valence-corrected chi connectivity index (χ3v) is 3.26. The van der Waals surface area contributed by atoms with Gasteiger partial charge in [-0.1, -0.05) is 15.9 Å². The molecule has 0 bridgehead atoms. The maximum atomic E-state index is 13.2. The van der Waals surface area contributed by atoms with Crippen LogP contribution in [-0.4, -0.2) is 0 Å². The van der Waals surface area contributed by atoms with Crippen molar-refractivity contribution in [2.24, 2.45) is 0 Å². The van der Waals surface area contributed by atoms with E-state index >= 15 is 0 Å². The lowest BCUT2D eigenvalue weighted by Gasteiger charge is -2.07. The molecule has 90 valence electrons. The first-order valence-corrected chi connectivity index (χ1v) is 6.02. The quantitative estimate of drug-likeness (QED) is 0.815. The smallest absolute Gasteiger partial charge is 0.131 e. The largest absolute Gasteiger partial charge is 0.457 e. The molecule has 0 atom stereocenters. The fourth-order valence-corrected chi connectivity index (χ4v) is 1.75. The zero-order chi connectivity index (χ0) is 13.1. The number of rotatable bonds is 2. The molecule has 0 aliphatic heterocycles. The number of hydrogen-bond acceptors (Lipinski definition) is 2. The Hall–Kier alpha value is -1.86. The van der Waals surface area contributed by atoms with Crippen LogP contribution >= 0.6 is 15.9 Å². The van der Waals surface area contributed by atoms with Crippen LogP contribution in [0.2, 0.25) is 0 Å². The Balaban J connectivity index is 2.31. The lowest BCUT2D eigenvalue weighted by Crippen LogP contribution is -1.88. The van der Waals surface area contributed by atoms with Crippen molar-refractivity contribution in [3.63, 3.8) is 0 Å². The van der Waals surface area contributed by atoms with Crippen molar-refractivity contribution in [1.29, 1.82) is 5.26 Å². The molecule has 0 fully saturated rings. The lowest BCUT2D eigenvalue weighted by atomic mass is 10.2. The Kier molecular flexibility index (Phi) is 3.63. The third-order valence-electron chi connectivity index (χ3n) is 2.37. The first-order chi connectivity index (χ1) is 8.58. The maximum absolute atomic E-state index is 13.2. The normalized spacial score (nSPS) is 9.89. The number of benzene rings is 2. The number of halogens is 2. The first-order valence-electron chi connectivity index (χ1n) is 5.23. The molecule has 0 spiro atoms. The molecule has 0 amide bonds. The lowest BCUT2D eigenvalue weighted by molar-refractivity contribution is 0.476. The summed E-state index contributed by atoms with van der Waals surface area (Å²) < 4.78 is 19.7. The van der Waals surface area contributed by atoms with E-state index in [0.29, 0.717) is 11.5 Å². The van der Waals surface area contributed by atoms with Crippen molar-refractivity contribution in [2.45, 2.75) is 6.92 Å². The standard InChI is InChI=1S/C14H9BrFNO/c1-9-4-12(2-3-14(9)15)18-13-6-10(8-17)5-11(16)7-13/h2-7H,1H3. The molecule has 0 heterocycles. The average Bonchev–Trinajstić information content (AvgIpc) is 2.33. The van der Waals surface area contributed by atoms with Crippen molar-refractivity contribution in [1.82, 2.24) is 0 Å². The number of ether oxygens (including phenoxy) is 1. The SMILES string of the molecule is Cc1cc(Oc2cc(F)cc(C#N)c2)ccc1Br. The summed E-state index contributed by atoms with van der Waals surface area (Å²) in [6.45, 7) is 1.93. The predicted molar refractivity (Wildman–Crippen MR) is 70.1 cm³/mol. The minimum Gasteiger partial charge on any atom is -0.457 e. The number of hydrogen-bond donors (Lipinski definition) is 0. The minimum absolute atomic E-state index is 0.235. The molecule has 0 unspecified atom stereocenters. The fourth-order valence-electron chi connectivity index (χ4n) is 1.50. The van der Waals surface area contributed by atoms with Crippen LogP contribution in [0.15, 0.2) is 40.9 Å². The summed E-state index contributed by atoms with van der Waals surface area (Å²) in [5.74, 6) is 0.427. The number of aryl methyl sites for hydroxylation is 1. The molecule has 2 aromatic rings. The van der Waals surface area contributed by atoms with Crippen LogP contribution < -0.4 is 4.74 Å². The first kappa shape index (κ1) is 12.6. The van der Waals surface area contributed by atoms with Gasteiger partial charge in [0, 0.05) is 10.5 Å². The van der Waals surface area contributed by atoms with Crippen LogP contribution in [-0.2, 0) is 0 Å². The molecule has 0 N–H and O–H groups in total. The molecule has 0 saturated heterocycles. The molecule has 0 aromatic heterocycles. The van der Waals surface area contributed by atoms with Crippen molar-refractivity contribution >= 4 is 15.9 Å². The van der Waals surface area contributed by atoms with Crippen LogP contribution in [0.5, 0.6) is 11.5 Å². The van der Waals surface area contributed by atoms with Gasteiger partial charge in [-0.3, -0.25) is 0 Å². The van der Waals surface area contributed by atoms with E-state index in [2.05, 4.69) is 15.9 Å². The van der Waals surface area contributed by atoms with Gasteiger partial charge in [-0.05, 0) is 42.8 Å². The van der Waals surface area contributed by atoms with Crippen molar-refractivity contribution in [3.05, 3.63) is 57.8 Å². The van der Waals surface area contributed by atoms with E-state index in [1.807, 2.05) is 25.1 Å². The molecule has 2 aromatic carbocycles. The van der Waals surface area contributed by atoms with E-state index in [-0.39, 0.29) is 5.56 Å². The highest BCUT2D eigenvalue weighted by molar-refractivity contribution is 9.10. The van der Waals surface area contributed by atoms with E-state index in [9.17, 15) is 4.39 Å². The summed E-state index contributed by atoms with van der Waals surface area (Å²) in [7, 11) is 0. The van der Waals surface area contributed by atoms with E-state index in [0.717, 1.165) is 10.0 Å². The zero-order valence-electron chi connectivity index (χ0n) is 9.58. The number of nitrogens with zero attached hydrogens (tertiary/aromatic N) is 1. The second-order valence-electron chi connectivity index (χ2n) is 3.80. The van der Waals surface area contributed by atoms with Crippen LogP contribution in [0.1, 0.15) is 11.1 Å². The van der Waals surface area contributed by atoms with Gasteiger partial charge in [-0.2, -0.15) is 5.26 Å². The van der Waals surface area contributed by atoms with Crippen LogP contribution in [0.3, 0.4) is 0 Å². The molecule has 2 rings (SSSR count). The van der Waals surface area contributed by atoms with Gasteiger partial charge < -0.3 is 4.74 Å². The van der Waals surface area contributed by atoms with Gasteiger partial charge in [0.1, 0.15) is 17.3 Å². The van der Waals surface area contributed by atoms with E-state index in [1.54, 1.807) is 6.07 Å². The molecular formula is C14H9BrFNO. The summed E-state index contributed by atoms with van der Waals surface area (Å²) in [6, 6.07) is 11.3. The molecule has 0 radical (unpaired) electrons. The molecule has 18 heavy (non-hydrogen) atoms. The molecule has 4 heteroatoms. The van der Waals surface area contributed by atoms with E-state index < -0.39 is 5.82 Å². The summed E-state index contributed by atoms with van der Waals surface area (Å²) in [5, 5.41) is 8.75. The zero-order valence-corrected chi connectivity index (χ0v) is 11.2. The van der Waals surface area contributed by atoms with Crippen LogP contribution in [0.4, 0.5) is 4.39 Å². The van der Waals surface area contributed by atoms with Gasteiger partial charge in [0.15, 0.2) is 0 Å². The Labute approximate surface area is 113 Å². The van der Waals surface area contributed by atoms with Gasteiger partial charge in [0.2, 0.25) is 0 Å². The highest BCUT2D eigenvalue weighted by atomic mass is 79.9. The molecule has 2 nitrogen and oxygen atoms in total. The van der Waals surface area contributed by atoms with Gasteiger partial charge in [0.25, 0.3) is 0 Å². The van der Waals surface area contributed by atoms with Crippen molar-refractivity contribution < 1.29 is 9.13 Å². The average molecular weight is 306 g/mol. The van der Waals surface area contributed by atoms with Gasteiger partial charge in [-0.15, -0.1) is 0 Å². The van der Waals surface area contributed by atoms with Gasteiger partial charge >= 0.3 is 0 Å². The second-order valence-corrected chi connectivity index (χ2v) is 4.65. The maximum Gasteiger partial charge on any atom is 0.131 e. The van der Waals surface area contributed by atoms with E-state index in [1.165, 1.54) is 18.2 Å². The van der Waals surface area contributed by atoms with Gasteiger partial charge in [-0.25, -0.2) is 4.39 Å². The summed E-state index contributed by atoms with van der Waals surface area (Å²) in [5.41, 5.74) is 1.25. The van der Waals surface area contributed by atoms with Crippen LogP contribution in [0, 0.1) is 24.1 Å². The topological polar surface area (TPSA) is 33.0 Å². The minimum atomic E-state index is -0.488. The summed E-state index contributed by atoms with van der Waals surface area (Å²) >= 11 is 3.39. The highest BCUT2D eigenvalue weighted by Crippen LogP contribution is 2.27. The Morgan fingerprint density at radius 2 is 1.94 bits per heavy atom. The number of nitriles is 1. The Morgan fingerprint density at radius 3 is 2.61 bits per heavy atom. The Bertz CT molecular complexity index is 634. The summed E-state index contributed by atoms with van der Waals surface area (Å²) in [4.78, 5) is 0. The molecule has 0 saturated carbocycles. The van der Waals surface area contributed by atoms with Gasteiger partial charge in [0.05, 0.1) is 11.6 Å². The third kappa shape index (κ3) is 2.88. The van der Waals surface area contributed by atoms with Crippen LogP contribution in [0.25, 0.3) is 0 Å². The molecular weight excluding hydrogens is 297 g/mol.